The third-order valence-corrected chi connectivity index (χ3v) is 3.56. The molecule has 0 aliphatic carbocycles. The lowest BCUT2D eigenvalue weighted by atomic mass is 10.2. The van der Waals surface area contributed by atoms with Crippen LogP contribution in [0.4, 0.5) is 13.2 Å². The lowest BCUT2D eigenvalue weighted by molar-refractivity contribution is -0.162. The predicted octanol–water partition coefficient (Wildman–Crippen LogP) is 1.31. The van der Waals surface area contributed by atoms with E-state index in [1.54, 1.807) is 11.8 Å². The molecule has 0 aromatic carbocycles. The summed E-state index contributed by atoms with van der Waals surface area (Å²) in [7, 11) is 0. The summed E-state index contributed by atoms with van der Waals surface area (Å²) in [4.78, 5) is 11.0. The Kier molecular flexibility index (Phi) is 6.50. The first kappa shape index (κ1) is 15.9. The zero-order chi connectivity index (χ0) is 11.5. The van der Waals surface area contributed by atoms with Crippen molar-refractivity contribution in [2.45, 2.75) is 30.3 Å². The van der Waals surface area contributed by atoms with Crippen molar-refractivity contribution < 1.29 is 18.0 Å². The summed E-state index contributed by atoms with van der Waals surface area (Å²) >= 11 is 1.67. The molecule has 2 unspecified atom stereocenters. The lowest BCUT2D eigenvalue weighted by Gasteiger charge is -2.16. The second-order valence-corrected chi connectivity index (χ2v) is 4.81. The Morgan fingerprint density at radius 3 is 2.62 bits per heavy atom. The lowest BCUT2D eigenvalue weighted by Crippen LogP contribution is -2.51. The molecule has 1 rings (SSSR count). The number of carbonyl (C=O) groups is 1. The second-order valence-electron chi connectivity index (χ2n) is 3.40. The molecular weight excluding hydrogens is 265 g/mol. The highest BCUT2D eigenvalue weighted by molar-refractivity contribution is 8.00. The van der Waals surface area contributed by atoms with E-state index in [0.29, 0.717) is 0 Å². The Morgan fingerprint density at radius 1 is 1.56 bits per heavy atom. The summed E-state index contributed by atoms with van der Waals surface area (Å²) < 4.78 is 36.0. The van der Waals surface area contributed by atoms with E-state index >= 15 is 0 Å². The number of carbonyl (C=O) groups excluding carboxylic acids is 1. The smallest absolute Gasteiger partial charge is 0.353 e. The van der Waals surface area contributed by atoms with Gasteiger partial charge in [0.2, 0.25) is 5.91 Å². The molecule has 3 nitrogen and oxygen atoms in total. The fourth-order valence-electron chi connectivity index (χ4n) is 1.28. The molecule has 3 N–H and O–H groups in total. The predicted molar refractivity (Wildman–Crippen MR) is 59.8 cm³/mol. The number of thioether (sulfide) groups is 1. The zero-order valence-corrected chi connectivity index (χ0v) is 10.1. The topological polar surface area (TPSA) is 55.1 Å². The highest BCUT2D eigenvalue weighted by Gasteiger charge is 2.42. The minimum Gasteiger partial charge on any atom is -0.353 e. The fraction of sp³-hybridized carbons (Fsp3) is 0.875. The van der Waals surface area contributed by atoms with Gasteiger partial charge >= 0.3 is 6.18 Å². The van der Waals surface area contributed by atoms with Crippen LogP contribution >= 0.6 is 24.2 Å². The van der Waals surface area contributed by atoms with E-state index in [4.69, 9.17) is 5.73 Å². The Labute approximate surface area is 102 Å². The molecular formula is C8H14ClF3N2OS. The average Bonchev–Trinajstić information content (AvgIpc) is 2.63. The van der Waals surface area contributed by atoms with Gasteiger partial charge in [-0.2, -0.15) is 24.9 Å². The van der Waals surface area contributed by atoms with Crippen molar-refractivity contribution in [1.29, 1.82) is 0 Å². The number of halogens is 4. The van der Waals surface area contributed by atoms with Crippen LogP contribution in [0.3, 0.4) is 0 Å². The van der Waals surface area contributed by atoms with Crippen molar-refractivity contribution >= 4 is 30.1 Å². The maximum atomic E-state index is 12.0. The van der Waals surface area contributed by atoms with Gasteiger partial charge in [0, 0.05) is 11.8 Å². The molecule has 1 heterocycles. The summed E-state index contributed by atoms with van der Waals surface area (Å²) in [6.45, 7) is 0.271. The van der Waals surface area contributed by atoms with Crippen LogP contribution in [0.2, 0.25) is 0 Å². The first-order chi connectivity index (χ1) is 6.91. The first-order valence-corrected chi connectivity index (χ1v) is 5.67. The molecule has 1 aliphatic heterocycles. The summed E-state index contributed by atoms with van der Waals surface area (Å²) in [5.74, 6) is -0.138. The van der Waals surface area contributed by atoms with Gasteiger partial charge in [-0.15, -0.1) is 12.4 Å². The number of hydrogen-bond acceptors (Lipinski definition) is 3. The molecule has 2 atom stereocenters. The van der Waals surface area contributed by atoms with E-state index in [2.05, 4.69) is 5.32 Å². The van der Waals surface area contributed by atoms with Crippen LogP contribution in [0.5, 0.6) is 0 Å². The number of hydrogen-bond donors (Lipinski definition) is 2. The molecule has 0 aromatic heterocycles. The largest absolute Gasteiger partial charge is 0.412 e. The summed E-state index contributed by atoms with van der Waals surface area (Å²) in [6.07, 6.45) is -2.67. The van der Waals surface area contributed by atoms with Crippen molar-refractivity contribution in [3.05, 3.63) is 0 Å². The van der Waals surface area contributed by atoms with Crippen molar-refractivity contribution in [2.75, 3.05) is 12.3 Å². The van der Waals surface area contributed by atoms with Gasteiger partial charge in [0.25, 0.3) is 0 Å². The SMILES string of the molecule is Cl.NC(C(=O)NCC1CCCS1)C(F)(F)F. The minimum absolute atomic E-state index is 0. The first-order valence-electron chi connectivity index (χ1n) is 4.63. The number of nitrogens with two attached hydrogens (primary N) is 1. The number of nitrogens with one attached hydrogen (secondary N) is 1. The summed E-state index contributed by atoms with van der Waals surface area (Å²) in [6, 6.07) is -2.41. The van der Waals surface area contributed by atoms with Gasteiger partial charge < -0.3 is 11.1 Å². The molecule has 96 valence electrons. The summed E-state index contributed by atoms with van der Waals surface area (Å²) in [5.41, 5.74) is 4.74. The third-order valence-electron chi connectivity index (χ3n) is 2.16. The van der Waals surface area contributed by atoms with E-state index in [0.717, 1.165) is 18.6 Å². The fourth-order valence-corrected chi connectivity index (χ4v) is 2.48. The molecule has 0 saturated carbocycles. The molecule has 0 bridgehead atoms. The normalized spacial score (nSPS) is 22.4. The van der Waals surface area contributed by atoms with E-state index in [-0.39, 0.29) is 24.2 Å². The maximum Gasteiger partial charge on any atom is 0.412 e. The van der Waals surface area contributed by atoms with Crippen molar-refractivity contribution in [3.8, 4) is 0 Å². The Morgan fingerprint density at radius 2 is 2.19 bits per heavy atom. The third kappa shape index (κ3) is 4.80. The van der Waals surface area contributed by atoms with Crippen molar-refractivity contribution in [1.82, 2.24) is 5.32 Å². The minimum atomic E-state index is -4.66. The van der Waals surface area contributed by atoms with Gasteiger partial charge in [-0.3, -0.25) is 4.79 Å². The van der Waals surface area contributed by atoms with Crippen molar-refractivity contribution in [2.24, 2.45) is 5.73 Å². The standard InChI is InChI=1S/C8H13F3N2OS.ClH/c9-8(10,11)6(12)7(14)13-4-5-2-1-3-15-5;/h5-6H,1-4,12H2,(H,13,14);1H. The molecule has 0 aromatic rings. The van der Waals surface area contributed by atoms with Gasteiger partial charge in [0.05, 0.1) is 0 Å². The maximum absolute atomic E-state index is 12.0. The Balaban J connectivity index is 0.00000225. The molecule has 1 amide bonds. The van der Waals surface area contributed by atoms with Crippen molar-refractivity contribution in [3.63, 3.8) is 0 Å². The van der Waals surface area contributed by atoms with Crippen LogP contribution in [-0.4, -0.2) is 35.7 Å². The van der Waals surface area contributed by atoms with Crippen LogP contribution in [-0.2, 0) is 4.79 Å². The monoisotopic (exact) mass is 278 g/mol. The number of rotatable bonds is 3. The van der Waals surface area contributed by atoms with Gasteiger partial charge in [0.15, 0.2) is 6.04 Å². The summed E-state index contributed by atoms with van der Waals surface area (Å²) in [5, 5.41) is 2.46. The number of amides is 1. The van der Waals surface area contributed by atoms with Gasteiger partial charge in [-0.1, -0.05) is 0 Å². The molecule has 1 fully saturated rings. The highest BCUT2D eigenvalue weighted by atomic mass is 35.5. The molecule has 0 radical (unpaired) electrons. The molecule has 16 heavy (non-hydrogen) atoms. The van der Waals surface area contributed by atoms with E-state index in [9.17, 15) is 18.0 Å². The van der Waals surface area contributed by atoms with Crippen LogP contribution in [0.25, 0.3) is 0 Å². The van der Waals surface area contributed by atoms with Gasteiger partial charge in [0.1, 0.15) is 0 Å². The van der Waals surface area contributed by atoms with Gasteiger partial charge in [-0.25, -0.2) is 0 Å². The van der Waals surface area contributed by atoms with Crippen LogP contribution < -0.4 is 11.1 Å². The number of alkyl halides is 3. The van der Waals surface area contributed by atoms with E-state index in [1.807, 2.05) is 0 Å². The van der Waals surface area contributed by atoms with E-state index < -0.39 is 18.1 Å². The Hall–Kier alpha value is -0.140. The molecule has 8 heteroatoms. The molecule has 1 saturated heterocycles. The quantitative estimate of drug-likeness (QED) is 0.818. The van der Waals surface area contributed by atoms with Crippen LogP contribution in [0.15, 0.2) is 0 Å². The molecule has 0 spiro atoms. The molecule has 1 aliphatic rings. The van der Waals surface area contributed by atoms with Gasteiger partial charge in [-0.05, 0) is 18.6 Å². The second kappa shape index (κ2) is 6.56. The Bertz CT molecular complexity index is 234. The van der Waals surface area contributed by atoms with Crippen LogP contribution in [0.1, 0.15) is 12.8 Å². The average molecular weight is 279 g/mol. The zero-order valence-electron chi connectivity index (χ0n) is 8.42. The van der Waals surface area contributed by atoms with Crippen LogP contribution in [0, 0.1) is 0 Å². The highest BCUT2D eigenvalue weighted by Crippen LogP contribution is 2.25. The van der Waals surface area contributed by atoms with E-state index in [1.165, 1.54) is 0 Å².